The molecule has 0 spiro atoms. The van der Waals surface area contributed by atoms with Crippen molar-refractivity contribution in [2.45, 2.75) is 6.92 Å². The summed E-state index contributed by atoms with van der Waals surface area (Å²) in [4.78, 5) is 12.8. The zero-order valence-corrected chi connectivity index (χ0v) is 16.8. The first-order valence-electron chi connectivity index (χ1n) is 9.13. The summed E-state index contributed by atoms with van der Waals surface area (Å²) in [6.07, 6.45) is 0. The van der Waals surface area contributed by atoms with E-state index in [1.165, 1.54) is 6.92 Å². The van der Waals surface area contributed by atoms with Gasteiger partial charge in [-0.25, -0.2) is 4.57 Å². The minimum atomic E-state index is -4.26. The zero-order chi connectivity index (χ0) is 20.4. The molecule has 4 aromatic rings. The number of hydrogen-bond acceptors (Lipinski definition) is 4. The molecule has 144 valence electrons. The average molecular weight is 402 g/mol. The lowest BCUT2D eigenvalue weighted by molar-refractivity contribution is -0.109. The van der Waals surface area contributed by atoms with Gasteiger partial charge in [-0.15, -0.1) is 0 Å². The van der Waals surface area contributed by atoms with Crippen LogP contribution in [-0.2, 0) is 9.36 Å². The largest absolute Gasteiger partial charge is 0.503 e. The molecular formula is C24H19O4P. The molecule has 5 heteroatoms. The second-order valence-corrected chi connectivity index (χ2v) is 8.49. The van der Waals surface area contributed by atoms with Gasteiger partial charge in [0.2, 0.25) is 0 Å². The Morgan fingerprint density at radius 3 is 1.59 bits per heavy atom. The minimum absolute atomic E-state index is 0.105. The number of fused-ring (bicyclic) bond motifs is 2. The predicted molar refractivity (Wildman–Crippen MR) is 117 cm³/mol. The van der Waals surface area contributed by atoms with E-state index in [9.17, 15) is 9.36 Å². The smallest absolute Gasteiger partial charge is 0.410 e. The normalized spacial score (nSPS) is 11.3. The maximum Gasteiger partial charge on any atom is 0.503 e. The van der Waals surface area contributed by atoms with Crippen molar-refractivity contribution in [2.24, 2.45) is 0 Å². The molecule has 0 aromatic heterocycles. The van der Waals surface area contributed by atoms with Crippen LogP contribution in [0, 0.1) is 0 Å². The van der Waals surface area contributed by atoms with E-state index in [0.29, 0.717) is 11.5 Å². The molecule has 0 saturated heterocycles. The summed E-state index contributed by atoms with van der Waals surface area (Å²) in [5, 5.41) is 3.30. The molecule has 0 atom stereocenters. The number of benzene rings is 4. The molecule has 4 aromatic carbocycles. The molecule has 0 bridgehead atoms. The monoisotopic (exact) mass is 402 g/mol. The molecular weight excluding hydrogens is 383 g/mol. The fourth-order valence-electron chi connectivity index (χ4n) is 3.14. The number of allylic oxidation sites excluding steroid dienone is 1. The van der Waals surface area contributed by atoms with Crippen molar-refractivity contribution in [1.29, 1.82) is 0 Å². The lowest BCUT2D eigenvalue weighted by Gasteiger charge is -2.20. The molecule has 0 aliphatic heterocycles. The van der Waals surface area contributed by atoms with Crippen molar-refractivity contribution in [2.75, 3.05) is 0 Å². The summed E-state index contributed by atoms with van der Waals surface area (Å²) >= 11 is 0. The Hall–Kier alpha value is -3.36. The molecule has 4 rings (SSSR count). The standard InChI is InChI=1S/C24H19O4P/c1-17(2)24(25)29(26,27-22-15-7-11-18-9-3-5-13-20(18)22)28-23-16-8-12-19-10-4-6-14-21(19)23/h3-16H,1H2,2H3. The highest BCUT2D eigenvalue weighted by molar-refractivity contribution is 7.73. The van der Waals surface area contributed by atoms with Gasteiger partial charge in [0.1, 0.15) is 11.5 Å². The van der Waals surface area contributed by atoms with Gasteiger partial charge in [-0.05, 0) is 29.8 Å². The molecule has 0 radical (unpaired) electrons. The summed E-state index contributed by atoms with van der Waals surface area (Å²) in [5.41, 5.74) is -0.646. The molecule has 0 aliphatic carbocycles. The topological polar surface area (TPSA) is 52.6 Å². The summed E-state index contributed by atoms with van der Waals surface area (Å²) in [6, 6.07) is 25.8. The van der Waals surface area contributed by atoms with Crippen LogP contribution in [-0.4, -0.2) is 5.52 Å². The van der Waals surface area contributed by atoms with Crippen LogP contribution in [0.3, 0.4) is 0 Å². The van der Waals surface area contributed by atoms with E-state index in [1.807, 2.05) is 60.7 Å². The Labute approximate surface area is 168 Å². The lowest BCUT2D eigenvalue weighted by Crippen LogP contribution is -2.12. The van der Waals surface area contributed by atoms with Crippen molar-refractivity contribution >= 4 is 34.7 Å². The van der Waals surface area contributed by atoms with Gasteiger partial charge in [0.25, 0.3) is 5.52 Å². The molecule has 0 unspecified atom stereocenters. The lowest BCUT2D eigenvalue weighted by atomic mass is 10.1. The quantitative estimate of drug-likeness (QED) is 0.264. The van der Waals surface area contributed by atoms with Crippen LogP contribution in [0.25, 0.3) is 21.5 Å². The van der Waals surface area contributed by atoms with Crippen LogP contribution in [0.1, 0.15) is 6.92 Å². The number of rotatable bonds is 6. The second-order valence-electron chi connectivity index (χ2n) is 6.72. The Morgan fingerprint density at radius 2 is 1.14 bits per heavy atom. The summed E-state index contributed by atoms with van der Waals surface area (Å²) in [6.45, 7) is 5.14. The first-order valence-corrected chi connectivity index (χ1v) is 10.7. The predicted octanol–water partition coefficient (Wildman–Crippen LogP) is 6.75. The minimum Gasteiger partial charge on any atom is -0.410 e. The highest BCUT2D eigenvalue weighted by Gasteiger charge is 2.39. The van der Waals surface area contributed by atoms with E-state index >= 15 is 0 Å². The van der Waals surface area contributed by atoms with E-state index in [1.54, 1.807) is 24.3 Å². The third-order valence-corrected chi connectivity index (χ3v) is 6.30. The molecule has 0 saturated carbocycles. The molecule has 0 fully saturated rings. The van der Waals surface area contributed by atoms with Gasteiger partial charge < -0.3 is 9.05 Å². The fraction of sp³-hybridized carbons (Fsp3) is 0.0417. The van der Waals surface area contributed by atoms with Gasteiger partial charge in [0, 0.05) is 16.3 Å². The first-order chi connectivity index (χ1) is 14.0. The second kappa shape index (κ2) is 7.57. The van der Waals surface area contributed by atoms with Crippen LogP contribution in [0.2, 0.25) is 0 Å². The molecule has 0 heterocycles. The zero-order valence-electron chi connectivity index (χ0n) is 15.9. The van der Waals surface area contributed by atoms with E-state index in [-0.39, 0.29) is 5.57 Å². The van der Waals surface area contributed by atoms with Crippen molar-refractivity contribution < 1.29 is 18.4 Å². The van der Waals surface area contributed by atoms with Crippen LogP contribution in [0.15, 0.2) is 97.1 Å². The SMILES string of the molecule is C=C(C)C(=O)P(=O)(Oc1cccc2ccccc12)Oc1cccc2ccccc12. The van der Waals surface area contributed by atoms with E-state index in [0.717, 1.165) is 21.5 Å². The van der Waals surface area contributed by atoms with E-state index in [2.05, 4.69) is 6.58 Å². The fourth-order valence-corrected chi connectivity index (χ4v) is 4.65. The van der Waals surface area contributed by atoms with Gasteiger partial charge in [0.05, 0.1) is 0 Å². The van der Waals surface area contributed by atoms with Gasteiger partial charge in [-0.3, -0.25) is 4.79 Å². The van der Waals surface area contributed by atoms with Gasteiger partial charge in [0.15, 0.2) is 0 Å². The molecule has 0 N–H and O–H groups in total. The summed E-state index contributed by atoms with van der Waals surface area (Å²) in [7, 11) is -4.26. The van der Waals surface area contributed by atoms with Crippen LogP contribution in [0.5, 0.6) is 11.5 Å². The Morgan fingerprint density at radius 1 is 0.724 bits per heavy atom. The third-order valence-electron chi connectivity index (χ3n) is 4.55. The molecule has 4 nitrogen and oxygen atoms in total. The molecule has 29 heavy (non-hydrogen) atoms. The van der Waals surface area contributed by atoms with Crippen molar-refractivity contribution in [1.82, 2.24) is 0 Å². The van der Waals surface area contributed by atoms with Crippen molar-refractivity contribution in [3.8, 4) is 11.5 Å². The highest BCUT2D eigenvalue weighted by Crippen LogP contribution is 2.53. The Kier molecular flexibility index (Phi) is 4.96. The van der Waals surface area contributed by atoms with E-state index < -0.39 is 13.1 Å². The number of carbonyl (C=O) groups excluding carboxylic acids is 1. The highest BCUT2D eigenvalue weighted by atomic mass is 31.2. The summed E-state index contributed by atoms with van der Waals surface area (Å²) in [5.74, 6) is 0.641. The van der Waals surface area contributed by atoms with Crippen LogP contribution < -0.4 is 9.05 Å². The summed E-state index contributed by atoms with van der Waals surface area (Å²) < 4.78 is 25.4. The van der Waals surface area contributed by atoms with Gasteiger partial charge in [-0.2, -0.15) is 0 Å². The van der Waals surface area contributed by atoms with E-state index in [4.69, 9.17) is 9.05 Å². The Bertz CT molecular complexity index is 1200. The van der Waals surface area contributed by atoms with Gasteiger partial charge >= 0.3 is 7.60 Å². The third kappa shape index (κ3) is 3.67. The van der Waals surface area contributed by atoms with Crippen LogP contribution in [0.4, 0.5) is 0 Å². The maximum absolute atomic E-state index is 13.7. The molecule has 0 aliphatic rings. The maximum atomic E-state index is 13.7. The molecule has 0 amide bonds. The van der Waals surface area contributed by atoms with Crippen molar-refractivity contribution in [3.05, 3.63) is 97.1 Å². The first kappa shape index (κ1) is 19.0. The average Bonchev–Trinajstić information content (AvgIpc) is 2.73. The number of carbonyl (C=O) groups is 1. The van der Waals surface area contributed by atoms with Gasteiger partial charge in [-0.1, -0.05) is 79.4 Å². The number of hydrogen-bond donors (Lipinski definition) is 0. The Balaban J connectivity index is 1.82. The van der Waals surface area contributed by atoms with Crippen molar-refractivity contribution in [3.63, 3.8) is 0 Å². The van der Waals surface area contributed by atoms with Crippen LogP contribution >= 0.6 is 7.60 Å².